The van der Waals surface area contributed by atoms with E-state index in [9.17, 15) is 4.79 Å². The first-order valence-electron chi connectivity index (χ1n) is 6.49. The van der Waals surface area contributed by atoms with Crippen molar-refractivity contribution in [3.63, 3.8) is 0 Å². The molecule has 5 nitrogen and oxygen atoms in total. The molecule has 0 radical (unpaired) electrons. The minimum Gasteiger partial charge on any atom is -0.457 e. The van der Waals surface area contributed by atoms with E-state index in [1.54, 1.807) is 7.11 Å². The van der Waals surface area contributed by atoms with Gasteiger partial charge in [-0.3, -0.25) is 4.79 Å². The van der Waals surface area contributed by atoms with Gasteiger partial charge >= 0.3 is 5.97 Å². The maximum Gasteiger partial charge on any atom is 0.303 e. The Kier molecular flexibility index (Phi) is 6.60. The first-order valence-corrected chi connectivity index (χ1v) is 6.49. The Balaban J connectivity index is 2.61. The second kappa shape index (κ2) is 7.71. The predicted octanol–water partition coefficient (Wildman–Crippen LogP) is 1.39. The van der Waals surface area contributed by atoms with Gasteiger partial charge in [0.05, 0.1) is 25.9 Å². The molecule has 1 rings (SSSR count). The predicted molar refractivity (Wildman–Crippen MR) is 66.4 cm³/mol. The fourth-order valence-corrected chi connectivity index (χ4v) is 2.35. The number of hydrogen-bond donors (Lipinski definition) is 0. The lowest BCUT2D eigenvalue weighted by molar-refractivity contribution is -0.198. The van der Waals surface area contributed by atoms with Crippen molar-refractivity contribution in [1.82, 2.24) is 0 Å². The van der Waals surface area contributed by atoms with Crippen molar-refractivity contribution in [3.8, 4) is 0 Å². The molecule has 1 aliphatic heterocycles. The van der Waals surface area contributed by atoms with Gasteiger partial charge in [0.2, 0.25) is 0 Å². The van der Waals surface area contributed by atoms with Gasteiger partial charge in [-0.15, -0.1) is 0 Å². The molecule has 5 heteroatoms. The third-order valence-corrected chi connectivity index (χ3v) is 3.26. The van der Waals surface area contributed by atoms with Crippen molar-refractivity contribution in [2.45, 2.75) is 45.5 Å². The SMILES string of the molecule is CC[C@H]1OC[C@H](OC(C)=O)[C@H](OCCOC)[C@@H]1C. The molecule has 0 aromatic heterocycles. The van der Waals surface area contributed by atoms with Crippen LogP contribution in [0.1, 0.15) is 27.2 Å². The van der Waals surface area contributed by atoms with Gasteiger partial charge in [-0.25, -0.2) is 0 Å². The van der Waals surface area contributed by atoms with Crippen LogP contribution in [0.5, 0.6) is 0 Å². The summed E-state index contributed by atoms with van der Waals surface area (Å²) in [6, 6.07) is 0. The van der Waals surface area contributed by atoms with E-state index in [0.29, 0.717) is 19.8 Å². The Morgan fingerprint density at radius 3 is 2.67 bits per heavy atom. The Morgan fingerprint density at radius 1 is 1.39 bits per heavy atom. The van der Waals surface area contributed by atoms with E-state index >= 15 is 0 Å². The van der Waals surface area contributed by atoms with Gasteiger partial charge in [-0.05, 0) is 6.42 Å². The minimum absolute atomic E-state index is 0.122. The van der Waals surface area contributed by atoms with Crippen molar-refractivity contribution in [3.05, 3.63) is 0 Å². The number of methoxy groups -OCH3 is 1. The van der Waals surface area contributed by atoms with Crippen molar-refractivity contribution >= 4 is 5.97 Å². The van der Waals surface area contributed by atoms with E-state index in [1.165, 1.54) is 6.92 Å². The van der Waals surface area contributed by atoms with Gasteiger partial charge in [-0.2, -0.15) is 0 Å². The fourth-order valence-electron chi connectivity index (χ4n) is 2.35. The van der Waals surface area contributed by atoms with E-state index in [2.05, 4.69) is 13.8 Å². The molecule has 0 amide bonds. The number of rotatable bonds is 6. The van der Waals surface area contributed by atoms with Crippen LogP contribution in [-0.4, -0.2) is 51.2 Å². The van der Waals surface area contributed by atoms with E-state index in [4.69, 9.17) is 18.9 Å². The van der Waals surface area contributed by atoms with Crippen LogP contribution in [0, 0.1) is 5.92 Å². The Labute approximate surface area is 109 Å². The van der Waals surface area contributed by atoms with E-state index in [-0.39, 0.29) is 30.2 Å². The number of esters is 1. The monoisotopic (exact) mass is 260 g/mol. The quantitative estimate of drug-likeness (QED) is 0.533. The molecule has 1 heterocycles. The van der Waals surface area contributed by atoms with Crippen LogP contribution >= 0.6 is 0 Å². The van der Waals surface area contributed by atoms with Crippen LogP contribution in [0.2, 0.25) is 0 Å². The molecule has 106 valence electrons. The smallest absolute Gasteiger partial charge is 0.303 e. The molecule has 0 aromatic carbocycles. The number of carbonyl (C=O) groups excluding carboxylic acids is 1. The molecule has 18 heavy (non-hydrogen) atoms. The van der Waals surface area contributed by atoms with Gasteiger partial charge in [-0.1, -0.05) is 13.8 Å². The van der Waals surface area contributed by atoms with Crippen molar-refractivity contribution in [2.75, 3.05) is 26.9 Å². The van der Waals surface area contributed by atoms with Gasteiger partial charge in [0.1, 0.15) is 6.10 Å². The van der Waals surface area contributed by atoms with Crippen LogP contribution in [0.15, 0.2) is 0 Å². The summed E-state index contributed by atoms with van der Waals surface area (Å²) in [5, 5.41) is 0. The fraction of sp³-hybridized carbons (Fsp3) is 0.923. The molecule has 0 saturated carbocycles. The minimum atomic E-state index is -0.322. The molecule has 0 aliphatic carbocycles. The van der Waals surface area contributed by atoms with E-state index in [1.807, 2.05) is 0 Å². The zero-order valence-corrected chi connectivity index (χ0v) is 11.7. The number of hydrogen-bond acceptors (Lipinski definition) is 5. The van der Waals surface area contributed by atoms with Crippen molar-refractivity contribution < 1.29 is 23.7 Å². The Hall–Kier alpha value is -0.650. The third kappa shape index (κ3) is 4.23. The van der Waals surface area contributed by atoms with Crippen LogP contribution in [0.4, 0.5) is 0 Å². The van der Waals surface area contributed by atoms with Gasteiger partial charge < -0.3 is 18.9 Å². The molecular formula is C13H24O5. The van der Waals surface area contributed by atoms with Crippen LogP contribution in [0.3, 0.4) is 0 Å². The first kappa shape index (κ1) is 15.4. The van der Waals surface area contributed by atoms with Crippen molar-refractivity contribution in [1.29, 1.82) is 0 Å². The van der Waals surface area contributed by atoms with E-state index < -0.39 is 0 Å². The first-order chi connectivity index (χ1) is 8.60. The highest BCUT2D eigenvalue weighted by molar-refractivity contribution is 5.66. The maximum atomic E-state index is 11.1. The largest absolute Gasteiger partial charge is 0.457 e. The third-order valence-electron chi connectivity index (χ3n) is 3.26. The summed E-state index contributed by atoms with van der Waals surface area (Å²) in [6.45, 7) is 7.00. The van der Waals surface area contributed by atoms with Crippen LogP contribution in [0.25, 0.3) is 0 Å². The molecule has 0 unspecified atom stereocenters. The molecule has 0 spiro atoms. The van der Waals surface area contributed by atoms with Crippen LogP contribution < -0.4 is 0 Å². The highest BCUT2D eigenvalue weighted by Crippen LogP contribution is 2.27. The molecule has 0 bridgehead atoms. The lowest BCUT2D eigenvalue weighted by Gasteiger charge is -2.40. The summed E-state index contributed by atoms with van der Waals surface area (Å²) in [4.78, 5) is 11.1. The second-order valence-electron chi connectivity index (χ2n) is 4.62. The van der Waals surface area contributed by atoms with Gasteiger partial charge in [0.25, 0.3) is 0 Å². The molecule has 1 aliphatic rings. The average Bonchev–Trinajstić information content (AvgIpc) is 2.32. The molecule has 4 atom stereocenters. The summed E-state index contributed by atoms with van der Waals surface area (Å²) >= 11 is 0. The summed E-state index contributed by atoms with van der Waals surface area (Å²) in [5.41, 5.74) is 0. The summed E-state index contributed by atoms with van der Waals surface area (Å²) in [7, 11) is 1.63. The zero-order chi connectivity index (χ0) is 13.5. The Morgan fingerprint density at radius 2 is 2.11 bits per heavy atom. The van der Waals surface area contributed by atoms with Crippen molar-refractivity contribution in [2.24, 2.45) is 5.92 Å². The molecule has 0 N–H and O–H groups in total. The second-order valence-corrected chi connectivity index (χ2v) is 4.62. The molecular weight excluding hydrogens is 236 g/mol. The molecule has 0 aromatic rings. The molecule has 1 fully saturated rings. The average molecular weight is 260 g/mol. The topological polar surface area (TPSA) is 54.0 Å². The van der Waals surface area contributed by atoms with E-state index in [0.717, 1.165) is 6.42 Å². The lowest BCUT2D eigenvalue weighted by atomic mass is 9.90. The molecule has 1 saturated heterocycles. The standard InChI is InChI=1S/C13H24O5/c1-5-11-9(2)13(16-7-6-15-4)12(8-17-11)18-10(3)14/h9,11-13H,5-8H2,1-4H3/t9-,11-,12+,13-/m1/s1. The highest BCUT2D eigenvalue weighted by atomic mass is 16.6. The zero-order valence-electron chi connectivity index (χ0n) is 11.7. The number of ether oxygens (including phenoxy) is 4. The highest BCUT2D eigenvalue weighted by Gasteiger charge is 2.39. The van der Waals surface area contributed by atoms with Gasteiger partial charge in [0.15, 0.2) is 6.10 Å². The summed E-state index contributed by atoms with van der Waals surface area (Å²) < 4.78 is 21.7. The number of carbonyl (C=O) groups is 1. The summed E-state index contributed by atoms with van der Waals surface area (Å²) in [6.07, 6.45) is 0.641. The van der Waals surface area contributed by atoms with Crippen LogP contribution in [-0.2, 0) is 23.7 Å². The van der Waals surface area contributed by atoms with Gasteiger partial charge in [0, 0.05) is 20.0 Å². The Bertz CT molecular complexity index is 256. The normalized spacial score (nSPS) is 32.2. The lowest BCUT2D eigenvalue weighted by Crippen LogP contribution is -2.51. The summed E-state index contributed by atoms with van der Waals surface area (Å²) in [5.74, 6) is -0.101. The maximum absolute atomic E-state index is 11.1.